The van der Waals surface area contributed by atoms with Gasteiger partial charge in [-0.15, -0.1) is 10.2 Å². The van der Waals surface area contributed by atoms with Gasteiger partial charge in [-0.2, -0.15) is 0 Å². The molecule has 2 heterocycles. The van der Waals surface area contributed by atoms with Crippen LogP contribution in [0.4, 0.5) is 13.2 Å². The van der Waals surface area contributed by atoms with Crippen molar-refractivity contribution in [3.8, 4) is 11.4 Å². The van der Waals surface area contributed by atoms with Crippen LogP contribution >= 0.6 is 0 Å². The Balaban J connectivity index is 2.04. The maximum atomic E-state index is 13.9. The smallest absolute Gasteiger partial charge is 0.172 e. The Morgan fingerprint density at radius 3 is 2.45 bits per heavy atom. The summed E-state index contributed by atoms with van der Waals surface area (Å²) in [6.45, 7) is 0. The van der Waals surface area contributed by atoms with Gasteiger partial charge in [0.2, 0.25) is 0 Å². The Bertz CT molecular complexity index is 1030. The van der Waals surface area contributed by atoms with Gasteiger partial charge >= 0.3 is 0 Å². The largest absolute Gasteiger partial charge is 0.265 e. The lowest BCUT2D eigenvalue weighted by molar-refractivity contribution is 0.584. The van der Waals surface area contributed by atoms with E-state index in [4.69, 9.17) is 0 Å². The molecule has 2 aromatic heterocycles. The zero-order chi connectivity index (χ0) is 15.3. The minimum Gasteiger partial charge on any atom is -0.265 e. The molecule has 0 saturated heterocycles. The summed E-state index contributed by atoms with van der Waals surface area (Å²) in [5, 5.41) is 8.36. The van der Waals surface area contributed by atoms with Crippen LogP contribution in [-0.4, -0.2) is 19.6 Å². The van der Waals surface area contributed by atoms with Crippen LogP contribution in [0.2, 0.25) is 0 Å². The van der Waals surface area contributed by atoms with Crippen molar-refractivity contribution >= 4 is 16.6 Å². The first-order valence-corrected chi connectivity index (χ1v) is 6.38. The molecule has 0 atom stereocenters. The number of rotatable bonds is 1. The summed E-state index contributed by atoms with van der Waals surface area (Å²) < 4.78 is 41.8. The van der Waals surface area contributed by atoms with Crippen LogP contribution in [0.5, 0.6) is 0 Å². The number of benzene rings is 2. The van der Waals surface area contributed by atoms with Gasteiger partial charge < -0.3 is 0 Å². The van der Waals surface area contributed by atoms with Crippen molar-refractivity contribution in [3.05, 3.63) is 60.2 Å². The van der Waals surface area contributed by atoms with Gasteiger partial charge in [-0.3, -0.25) is 4.40 Å². The normalized spacial score (nSPS) is 11.4. The first-order chi connectivity index (χ1) is 10.6. The predicted molar refractivity (Wildman–Crippen MR) is 73.6 cm³/mol. The summed E-state index contributed by atoms with van der Waals surface area (Å²) in [4.78, 5) is 4.18. The summed E-state index contributed by atoms with van der Waals surface area (Å²) in [5.74, 6) is -1.69. The molecule has 4 rings (SSSR count). The highest BCUT2D eigenvalue weighted by Gasteiger charge is 2.15. The molecule has 0 bridgehead atoms. The van der Waals surface area contributed by atoms with Crippen molar-refractivity contribution in [1.29, 1.82) is 0 Å². The van der Waals surface area contributed by atoms with Gasteiger partial charge in [0.1, 0.15) is 23.8 Å². The molecule has 7 heteroatoms. The molecule has 0 unspecified atom stereocenters. The highest BCUT2D eigenvalue weighted by atomic mass is 19.1. The molecule has 4 nitrogen and oxygen atoms in total. The predicted octanol–water partition coefficient (Wildman–Crippen LogP) is 3.36. The highest BCUT2D eigenvalue weighted by Crippen LogP contribution is 2.25. The van der Waals surface area contributed by atoms with Gasteiger partial charge in [-0.25, -0.2) is 18.2 Å². The van der Waals surface area contributed by atoms with Gasteiger partial charge in [0.15, 0.2) is 11.5 Å². The fraction of sp³-hybridized carbons (Fsp3) is 0. The van der Waals surface area contributed by atoms with E-state index in [2.05, 4.69) is 15.2 Å². The number of hydrogen-bond donors (Lipinski definition) is 0. The second kappa shape index (κ2) is 4.52. The molecule has 0 N–H and O–H groups in total. The minimum atomic E-state index is -0.756. The molecule has 0 radical (unpaired) electrons. The zero-order valence-electron chi connectivity index (χ0n) is 11.0. The van der Waals surface area contributed by atoms with E-state index in [9.17, 15) is 13.2 Å². The Kier molecular flexibility index (Phi) is 2.62. The van der Waals surface area contributed by atoms with Crippen molar-refractivity contribution in [2.75, 3.05) is 0 Å². The topological polar surface area (TPSA) is 43.1 Å². The zero-order valence-corrected chi connectivity index (χ0v) is 11.0. The van der Waals surface area contributed by atoms with Crippen LogP contribution in [0.25, 0.3) is 27.9 Å². The van der Waals surface area contributed by atoms with E-state index in [1.54, 1.807) is 0 Å². The number of nitrogens with zero attached hydrogens (tertiary/aromatic N) is 4. The molecule has 0 aliphatic heterocycles. The van der Waals surface area contributed by atoms with E-state index in [1.807, 2.05) is 0 Å². The van der Waals surface area contributed by atoms with E-state index in [1.165, 1.54) is 35.0 Å². The molecule has 0 spiro atoms. The van der Waals surface area contributed by atoms with E-state index in [0.717, 1.165) is 12.1 Å². The van der Waals surface area contributed by atoms with Crippen LogP contribution in [0.3, 0.4) is 0 Å². The second-order valence-electron chi connectivity index (χ2n) is 4.75. The van der Waals surface area contributed by atoms with Crippen molar-refractivity contribution < 1.29 is 13.2 Å². The first-order valence-electron chi connectivity index (χ1n) is 6.38. The number of fused-ring (bicyclic) bond motifs is 3. The molecular weight excluding hydrogens is 293 g/mol. The van der Waals surface area contributed by atoms with Gasteiger partial charge in [-0.05, 0) is 30.3 Å². The van der Waals surface area contributed by atoms with Crippen LogP contribution in [0.15, 0.2) is 42.7 Å². The van der Waals surface area contributed by atoms with Crippen LogP contribution in [0.1, 0.15) is 0 Å². The number of halogens is 3. The van der Waals surface area contributed by atoms with E-state index >= 15 is 0 Å². The van der Waals surface area contributed by atoms with Crippen molar-refractivity contribution in [2.24, 2.45) is 0 Å². The molecular formula is C15H7F3N4. The fourth-order valence-corrected chi connectivity index (χ4v) is 2.36. The third kappa shape index (κ3) is 1.82. The summed E-state index contributed by atoms with van der Waals surface area (Å²) in [7, 11) is 0. The Morgan fingerprint density at radius 1 is 0.864 bits per heavy atom. The van der Waals surface area contributed by atoms with Crippen LogP contribution in [-0.2, 0) is 0 Å². The third-order valence-electron chi connectivity index (χ3n) is 3.38. The van der Waals surface area contributed by atoms with E-state index in [0.29, 0.717) is 16.6 Å². The molecule has 0 fully saturated rings. The summed E-state index contributed by atoms with van der Waals surface area (Å²) in [5.41, 5.74) is 0.988. The lowest BCUT2D eigenvalue weighted by atomic mass is 10.2. The molecule has 0 amide bonds. The quantitative estimate of drug-likeness (QED) is 0.541. The van der Waals surface area contributed by atoms with E-state index < -0.39 is 17.5 Å². The van der Waals surface area contributed by atoms with Crippen LogP contribution < -0.4 is 0 Å². The molecule has 2 aromatic carbocycles. The average molecular weight is 300 g/mol. The SMILES string of the molecule is Fc1ccc(-c2nnc3c4cc(F)ccc4ncn23)c(F)c1. The lowest BCUT2D eigenvalue weighted by Crippen LogP contribution is -1.95. The fourth-order valence-electron chi connectivity index (χ4n) is 2.36. The standard InChI is InChI=1S/C15H7F3N4/c16-8-2-4-13-11(5-8)15-21-20-14(22(15)7-19-13)10-3-1-9(17)6-12(10)18/h1-7H. The molecule has 0 aliphatic rings. The minimum absolute atomic E-state index is 0.0893. The Labute approximate surface area is 121 Å². The summed E-state index contributed by atoms with van der Waals surface area (Å²) in [6.07, 6.45) is 1.42. The van der Waals surface area contributed by atoms with Crippen molar-refractivity contribution in [3.63, 3.8) is 0 Å². The number of aromatic nitrogens is 4. The maximum Gasteiger partial charge on any atom is 0.172 e. The summed E-state index contributed by atoms with van der Waals surface area (Å²) >= 11 is 0. The number of hydrogen-bond acceptors (Lipinski definition) is 3. The van der Waals surface area contributed by atoms with Gasteiger partial charge in [-0.1, -0.05) is 0 Å². The monoisotopic (exact) mass is 300 g/mol. The maximum absolute atomic E-state index is 13.9. The van der Waals surface area contributed by atoms with Gasteiger partial charge in [0.05, 0.1) is 11.1 Å². The summed E-state index contributed by atoms with van der Waals surface area (Å²) in [6, 6.07) is 7.28. The van der Waals surface area contributed by atoms with Crippen LogP contribution in [0, 0.1) is 17.5 Å². The molecule has 4 aromatic rings. The molecule has 0 aliphatic carbocycles. The Morgan fingerprint density at radius 2 is 1.64 bits per heavy atom. The molecule has 22 heavy (non-hydrogen) atoms. The molecule has 0 saturated carbocycles. The third-order valence-corrected chi connectivity index (χ3v) is 3.38. The van der Waals surface area contributed by atoms with Gasteiger partial charge in [0.25, 0.3) is 0 Å². The average Bonchev–Trinajstić information content (AvgIpc) is 2.91. The second-order valence-corrected chi connectivity index (χ2v) is 4.75. The van der Waals surface area contributed by atoms with E-state index in [-0.39, 0.29) is 11.4 Å². The van der Waals surface area contributed by atoms with Crippen molar-refractivity contribution in [1.82, 2.24) is 19.6 Å². The van der Waals surface area contributed by atoms with Crippen molar-refractivity contribution in [2.45, 2.75) is 0 Å². The Hall–Kier alpha value is -2.96. The first kappa shape index (κ1) is 12.8. The highest BCUT2D eigenvalue weighted by molar-refractivity contribution is 5.91. The molecule has 108 valence electrons. The van der Waals surface area contributed by atoms with Gasteiger partial charge in [0, 0.05) is 11.5 Å². The lowest BCUT2D eigenvalue weighted by Gasteiger charge is -2.03.